The normalized spacial score (nSPS) is 3.43. The van der Waals surface area contributed by atoms with Gasteiger partial charge in [0.25, 0.3) is 0 Å². The summed E-state index contributed by atoms with van der Waals surface area (Å²) < 4.78 is 0. The first-order valence-electron chi connectivity index (χ1n) is 0.632. The summed E-state index contributed by atoms with van der Waals surface area (Å²) in [7, 11) is 0. The molecule has 0 saturated heterocycles. The molecule has 0 aromatic heterocycles. The maximum absolute atomic E-state index is 8.44. The molecule has 0 atom stereocenters. The van der Waals surface area contributed by atoms with Gasteiger partial charge in [-0.2, -0.15) is 0 Å². The second-order valence-corrected chi connectivity index (χ2v) is 0.266. The predicted molar refractivity (Wildman–Crippen MR) is 8.02 cm³/mol. The zero-order chi connectivity index (χ0) is 3.58. The maximum Gasteiger partial charge on any atom is 1.00 e. The Bertz CT molecular complexity index is 37.9. The molecule has 0 aliphatic rings. The number of rotatable bonds is 0. The van der Waals surface area contributed by atoms with Gasteiger partial charge in [-0.3, -0.25) is 0 Å². The molecule has 0 heterocycles. The molecule has 0 aromatic rings. The quantitative estimate of drug-likeness (QED) is 0.425. The molecule has 0 aromatic carbocycles. The van der Waals surface area contributed by atoms with E-state index in [1.54, 1.807) is 0 Å². The van der Waals surface area contributed by atoms with Gasteiger partial charge in [-0.25, -0.2) is 0 Å². The van der Waals surface area contributed by atoms with E-state index >= 15 is 0 Å². The molecule has 0 spiro atoms. The van der Waals surface area contributed by atoms with Gasteiger partial charge in [0.05, 0.1) is 0 Å². The maximum atomic E-state index is 8.44. The van der Waals surface area contributed by atoms with Crippen molar-refractivity contribution in [3.63, 3.8) is 0 Å². The molecular formula is CHCsFNaO3. The van der Waals surface area contributed by atoms with Gasteiger partial charge in [-0.1, -0.05) is 0 Å². The molecule has 0 fully saturated rings. The average molecular weight is 236 g/mol. The van der Waals surface area contributed by atoms with Gasteiger partial charge in [0.1, 0.15) is 0 Å². The Balaban J connectivity index is -0.0000000150. The van der Waals surface area contributed by atoms with Crippen LogP contribution in [0.15, 0.2) is 0 Å². The summed E-state index contributed by atoms with van der Waals surface area (Å²) in [5, 5.41) is 15.3. The van der Waals surface area contributed by atoms with Crippen molar-refractivity contribution in [1.82, 2.24) is 0 Å². The number of carbonyl (C=O) groups is 1. The topological polar surface area (TPSA) is 60.4 Å². The van der Waals surface area contributed by atoms with Gasteiger partial charge in [-0.15, -0.1) is 0 Å². The van der Waals surface area contributed by atoms with Crippen LogP contribution in [-0.4, -0.2) is 11.3 Å². The zero-order valence-electron chi connectivity index (χ0n) is 4.14. The molecule has 0 aliphatic carbocycles. The standard InChI is InChI=1S/CH2O3.Cs.FH.Na/c2-1(3)4;;;/h(H2,2,3,4);;1H;/q;+1;;+1/p-2. The van der Waals surface area contributed by atoms with E-state index in [2.05, 4.69) is 0 Å². The Morgan fingerprint density at radius 2 is 1.57 bits per heavy atom. The molecule has 0 aliphatic heterocycles. The monoisotopic (exact) mass is 236 g/mol. The molecule has 0 saturated carbocycles. The molecule has 0 rings (SSSR count). The summed E-state index contributed by atoms with van der Waals surface area (Å²) in [4.78, 5) is 8.44. The van der Waals surface area contributed by atoms with Crippen LogP contribution < -0.4 is 108 Å². The van der Waals surface area contributed by atoms with E-state index < -0.39 is 6.16 Å². The number of hydrogen-bond donors (Lipinski definition) is 1. The molecule has 7 heavy (non-hydrogen) atoms. The van der Waals surface area contributed by atoms with E-state index in [4.69, 9.17) is 15.0 Å². The summed E-state index contributed by atoms with van der Waals surface area (Å²) in [6, 6.07) is 0. The minimum absolute atomic E-state index is 0. The van der Waals surface area contributed by atoms with Crippen molar-refractivity contribution < 1.29 is 118 Å². The van der Waals surface area contributed by atoms with Crippen LogP contribution >= 0.6 is 0 Å². The third-order valence-electron chi connectivity index (χ3n) is 0. The van der Waals surface area contributed by atoms with Crippen molar-refractivity contribution in [2.45, 2.75) is 0 Å². The largest absolute Gasteiger partial charge is 1.00 e. The van der Waals surface area contributed by atoms with Gasteiger partial charge in [-0.05, 0) is 0 Å². The van der Waals surface area contributed by atoms with Crippen LogP contribution in [0.1, 0.15) is 0 Å². The van der Waals surface area contributed by atoms with Crippen molar-refractivity contribution in [3.05, 3.63) is 0 Å². The molecule has 0 bridgehead atoms. The summed E-state index contributed by atoms with van der Waals surface area (Å²) in [6.45, 7) is 0. The smallest absolute Gasteiger partial charge is 1.00 e. The second-order valence-electron chi connectivity index (χ2n) is 0.266. The molecular weight excluding hydrogens is 235 g/mol. The molecule has 0 unspecified atom stereocenters. The minimum Gasteiger partial charge on any atom is -1.00 e. The van der Waals surface area contributed by atoms with Crippen LogP contribution in [0.4, 0.5) is 4.79 Å². The molecule has 32 valence electrons. The Morgan fingerprint density at radius 3 is 1.57 bits per heavy atom. The van der Waals surface area contributed by atoms with Crippen LogP contribution in [0.2, 0.25) is 0 Å². The van der Waals surface area contributed by atoms with E-state index in [9.17, 15) is 0 Å². The average Bonchev–Trinajstić information content (AvgIpc) is 0.811. The molecule has 0 radical (unpaired) electrons. The molecule has 6 heteroatoms. The number of carboxylic acid groups (broad SMARTS) is 2. The van der Waals surface area contributed by atoms with Gasteiger partial charge in [0, 0.05) is 0 Å². The number of halogens is 1. The van der Waals surface area contributed by atoms with E-state index in [1.807, 2.05) is 0 Å². The van der Waals surface area contributed by atoms with Crippen molar-refractivity contribution in [3.8, 4) is 0 Å². The Labute approximate surface area is 121 Å². The third kappa shape index (κ3) is 63.6. The first-order valence-corrected chi connectivity index (χ1v) is 0.632. The van der Waals surface area contributed by atoms with Crippen molar-refractivity contribution in [2.24, 2.45) is 0 Å². The van der Waals surface area contributed by atoms with Crippen LogP contribution in [0.5, 0.6) is 0 Å². The van der Waals surface area contributed by atoms with Crippen molar-refractivity contribution >= 4 is 6.16 Å². The minimum atomic E-state index is -2.08. The second kappa shape index (κ2) is 15.7. The first kappa shape index (κ1) is 22.8. The summed E-state index contributed by atoms with van der Waals surface area (Å²) >= 11 is 0. The Kier molecular flexibility index (Phi) is 51.3. The van der Waals surface area contributed by atoms with Crippen molar-refractivity contribution in [2.75, 3.05) is 0 Å². The van der Waals surface area contributed by atoms with E-state index in [1.165, 1.54) is 0 Å². The fourth-order valence-corrected chi connectivity index (χ4v) is 0. The summed E-state index contributed by atoms with van der Waals surface area (Å²) in [6.07, 6.45) is -2.08. The van der Waals surface area contributed by atoms with E-state index in [0.29, 0.717) is 0 Å². The van der Waals surface area contributed by atoms with Crippen LogP contribution in [-0.2, 0) is 0 Å². The van der Waals surface area contributed by atoms with Crippen LogP contribution in [0.3, 0.4) is 0 Å². The fraction of sp³-hybridized carbons (Fsp3) is 0. The van der Waals surface area contributed by atoms with Gasteiger partial charge in [0.15, 0.2) is 0 Å². The zero-order valence-corrected chi connectivity index (χ0v) is 12.4. The van der Waals surface area contributed by atoms with Gasteiger partial charge >= 0.3 is 98.5 Å². The Hall–Kier alpha value is 2.25. The van der Waals surface area contributed by atoms with Gasteiger partial charge in [0.2, 0.25) is 6.16 Å². The first-order chi connectivity index (χ1) is 1.73. The SMILES string of the molecule is O=C([O-])O.[Cs+].[F-].[Na+]. The Morgan fingerprint density at radius 1 is 1.57 bits per heavy atom. The third-order valence-corrected chi connectivity index (χ3v) is 0. The summed E-state index contributed by atoms with van der Waals surface area (Å²) in [5.41, 5.74) is 0. The summed E-state index contributed by atoms with van der Waals surface area (Å²) in [5.74, 6) is 0. The molecule has 1 N–H and O–H groups in total. The fourth-order valence-electron chi connectivity index (χ4n) is 0. The van der Waals surface area contributed by atoms with Gasteiger partial charge < -0.3 is 19.7 Å². The van der Waals surface area contributed by atoms with Crippen LogP contribution in [0.25, 0.3) is 0 Å². The molecule has 0 amide bonds. The van der Waals surface area contributed by atoms with E-state index in [0.717, 1.165) is 0 Å². The van der Waals surface area contributed by atoms with E-state index in [-0.39, 0.29) is 103 Å². The predicted octanol–water partition coefficient (Wildman–Crippen LogP) is -10.1. The van der Waals surface area contributed by atoms with Crippen molar-refractivity contribution in [1.29, 1.82) is 0 Å². The number of hydrogen-bond acceptors (Lipinski definition) is 2. The molecule has 3 nitrogen and oxygen atoms in total. The van der Waals surface area contributed by atoms with Crippen LogP contribution in [0, 0.1) is 0 Å².